The van der Waals surface area contributed by atoms with E-state index in [4.69, 9.17) is 9.47 Å². The number of aromatic amines is 1. The average Bonchev–Trinajstić information content (AvgIpc) is 3.09. The molecular formula is C17H19N3O5. The second-order valence-corrected chi connectivity index (χ2v) is 5.76. The third kappa shape index (κ3) is 4.80. The van der Waals surface area contributed by atoms with Crippen molar-refractivity contribution in [2.75, 3.05) is 18.5 Å². The summed E-state index contributed by atoms with van der Waals surface area (Å²) in [6.07, 6.45) is 3.44. The minimum absolute atomic E-state index is 0.116. The highest BCUT2D eigenvalue weighted by molar-refractivity contribution is 5.90. The van der Waals surface area contributed by atoms with Crippen LogP contribution in [-0.4, -0.2) is 34.8 Å². The first-order chi connectivity index (χ1) is 12.1. The minimum atomic E-state index is -0.628. The number of hydrogen-bond donors (Lipinski definition) is 2. The van der Waals surface area contributed by atoms with Crippen molar-refractivity contribution in [2.24, 2.45) is 0 Å². The first-order valence-corrected chi connectivity index (χ1v) is 8.04. The van der Waals surface area contributed by atoms with Crippen molar-refractivity contribution in [3.05, 3.63) is 57.4 Å². The van der Waals surface area contributed by atoms with Gasteiger partial charge in [-0.15, -0.1) is 0 Å². The van der Waals surface area contributed by atoms with Gasteiger partial charge in [-0.3, -0.25) is 19.1 Å². The van der Waals surface area contributed by atoms with Gasteiger partial charge in [0.05, 0.1) is 6.10 Å². The van der Waals surface area contributed by atoms with E-state index in [0.717, 1.165) is 24.0 Å². The van der Waals surface area contributed by atoms with E-state index in [1.165, 1.54) is 12.3 Å². The molecule has 2 aromatic rings. The maximum atomic E-state index is 12.1. The highest BCUT2D eigenvalue weighted by Gasteiger charge is 2.16. The van der Waals surface area contributed by atoms with Crippen LogP contribution >= 0.6 is 0 Å². The van der Waals surface area contributed by atoms with Crippen LogP contribution < -0.4 is 21.3 Å². The molecule has 1 aromatic carbocycles. The second kappa shape index (κ2) is 7.80. The maximum absolute atomic E-state index is 12.1. The van der Waals surface area contributed by atoms with E-state index >= 15 is 0 Å². The number of carbonyl (C=O) groups excluding carboxylic acids is 1. The van der Waals surface area contributed by atoms with Crippen molar-refractivity contribution in [1.82, 2.24) is 9.55 Å². The summed E-state index contributed by atoms with van der Waals surface area (Å²) in [7, 11) is 0. The van der Waals surface area contributed by atoms with Gasteiger partial charge in [-0.2, -0.15) is 0 Å². The molecule has 2 N–H and O–H groups in total. The van der Waals surface area contributed by atoms with Gasteiger partial charge in [-0.05, 0) is 25.0 Å². The van der Waals surface area contributed by atoms with Crippen molar-refractivity contribution in [3.63, 3.8) is 0 Å². The Hall–Kier alpha value is -2.87. The Morgan fingerprint density at radius 2 is 2.24 bits per heavy atom. The third-order valence-corrected chi connectivity index (χ3v) is 3.79. The molecule has 0 spiro atoms. The number of anilines is 1. The molecule has 8 heteroatoms. The van der Waals surface area contributed by atoms with E-state index in [2.05, 4.69) is 10.3 Å². The predicted octanol–water partition coefficient (Wildman–Crippen LogP) is 0.733. The molecule has 0 saturated carbocycles. The Kier molecular flexibility index (Phi) is 5.30. The van der Waals surface area contributed by atoms with Crippen molar-refractivity contribution >= 4 is 11.6 Å². The van der Waals surface area contributed by atoms with E-state index in [0.29, 0.717) is 18.0 Å². The van der Waals surface area contributed by atoms with Crippen LogP contribution in [0, 0.1) is 0 Å². The van der Waals surface area contributed by atoms with E-state index in [1.807, 2.05) is 0 Å². The van der Waals surface area contributed by atoms with E-state index in [9.17, 15) is 14.4 Å². The number of rotatable bonds is 6. The monoisotopic (exact) mass is 345 g/mol. The highest BCUT2D eigenvalue weighted by atomic mass is 16.5. The van der Waals surface area contributed by atoms with Gasteiger partial charge in [0, 0.05) is 30.6 Å². The zero-order valence-corrected chi connectivity index (χ0v) is 13.6. The molecule has 1 fully saturated rings. The Labute approximate surface area is 143 Å². The molecular weight excluding hydrogens is 326 g/mol. The van der Waals surface area contributed by atoms with E-state index < -0.39 is 11.2 Å². The van der Waals surface area contributed by atoms with Crippen molar-refractivity contribution in [1.29, 1.82) is 0 Å². The van der Waals surface area contributed by atoms with Crippen LogP contribution in [0.4, 0.5) is 5.69 Å². The molecule has 25 heavy (non-hydrogen) atoms. The van der Waals surface area contributed by atoms with Gasteiger partial charge in [-0.25, -0.2) is 4.79 Å². The summed E-state index contributed by atoms with van der Waals surface area (Å²) < 4.78 is 12.3. The third-order valence-electron chi connectivity index (χ3n) is 3.79. The number of benzene rings is 1. The summed E-state index contributed by atoms with van der Waals surface area (Å²) in [5, 5.41) is 2.70. The first kappa shape index (κ1) is 17.0. The number of nitrogens with zero attached hydrogens (tertiary/aromatic N) is 1. The number of ether oxygens (including phenoxy) is 2. The minimum Gasteiger partial charge on any atom is -0.491 e. The molecule has 3 rings (SSSR count). The van der Waals surface area contributed by atoms with Gasteiger partial charge in [-0.1, -0.05) is 6.07 Å². The molecule has 132 valence electrons. The lowest BCUT2D eigenvalue weighted by molar-refractivity contribution is -0.116. The van der Waals surface area contributed by atoms with Gasteiger partial charge in [0.2, 0.25) is 5.91 Å². The topological polar surface area (TPSA) is 102 Å². The fourth-order valence-corrected chi connectivity index (χ4v) is 2.55. The Morgan fingerprint density at radius 1 is 1.36 bits per heavy atom. The van der Waals surface area contributed by atoms with Crippen LogP contribution in [-0.2, 0) is 16.1 Å². The predicted molar refractivity (Wildman–Crippen MR) is 90.9 cm³/mol. The average molecular weight is 345 g/mol. The lowest BCUT2D eigenvalue weighted by atomic mass is 10.2. The first-order valence-electron chi connectivity index (χ1n) is 8.04. The summed E-state index contributed by atoms with van der Waals surface area (Å²) in [4.78, 5) is 36.8. The zero-order valence-electron chi connectivity index (χ0n) is 13.6. The smallest absolute Gasteiger partial charge is 0.328 e. The summed E-state index contributed by atoms with van der Waals surface area (Å²) in [5.74, 6) is 0.250. The van der Waals surface area contributed by atoms with Gasteiger partial charge in [0.1, 0.15) is 18.9 Å². The Morgan fingerprint density at radius 3 is 3.00 bits per heavy atom. The molecule has 1 amide bonds. The molecule has 1 saturated heterocycles. The Bertz CT molecular complexity index is 852. The van der Waals surface area contributed by atoms with Crippen molar-refractivity contribution < 1.29 is 14.3 Å². The standard InChI is InChI=1S/C17H19N3O5/c21-15-6-7-20(17(23)19-15)10-16(22)18-12-3-1-4-13(9-12)25-11-14-5-2-8-24-14/h1,3-4,6-7,9,14H,2,5,8,10-11H2,(H,18,22)(H,19,21,23)/t14-/m1/s1. The van der Waals surface area contributed by atoms with Crippen LogP contribution in [0.5, 0.6) is 5.75 Å². The zero-order chi connectivity index (χ0) is 17.6. The molecule has 2 heterocycles. The van der Waals surface area contributed by atoms with Gasteiger partial charge in [0.15, 0.2) is 0 Å². The normalized spacial score (nSPS) is 16.6. The highest BCUT2D eigenvalue weighted by Crippen LogP contribution is 2.19. The fourth-order valence-electron chi connectivity index (χ4n) is 2.55. The number of nitrogens with one attached hydrogen (secondary N) is 2. The van der Waals surface area contributed by atoms with E-state index in [1.54, 1.807) is 24.3 Å². The molecule has 0 aliphatic carbocycles. The number of aromatic nitrogens is 2. The van der Waals surface area contributed by atoms with Crippen molar-refractivity contribution in [3.8, 4) is 5.75 Å². The van der Waals surface area contributed by atoms with E-state index in [-0.39, 0.29) is 18.6 Å². The van der Waals surface area contributed by atoms with Crippen LogP contribution in [0.1, 0.15) is 12.8 Å². The SMILES string of the molecule is O=C(Cn1ccc(=O)[nH]c1=O)Nc1cccc(OC[C@H]2CCCO2)c1. The lowest BCUT2D eigenvalue weighted by Gasteiger charge is -2.12. The summed E-state index contributed by atoms with van der Waals surface area (Å²) in [6.45, 7) is 1.05. The molecule has 1 aliphatic heterocycles. The van der Waals surface area contributed by atoms with Gasteiger partial charge < -0.3 is 14.8 Å². The maximum Gasteiger partial charge on any atom is 0.328 e. The molecule has 0 radical (unpaired) electrons. The quantitative estimate of drug-likeness (QED) is 0.804. The molecule has 1 aliphatic rings. The van der Waals surface area contributed by atoms with Crippen LogP contribution in [0.2, 0.25) is 0 Å². The molecule has 8 nitrogen and oxygen atoms in total. The van der Waals surface area contributed by atoms with Crippen LogP contribution in [0.15, 0.2) is 46.1 Å². The molecule has 1 aromatic heterocycles. The van der Waals surface area contributed by atoms with Gasteiger partial charge >= 0.3 is 5.69 Å². The molecule has 1 atom stereocenters. The largest absolute Gasteiger partial charge is 0.491 e. The molecule has 0 bridgehead atoms. The fraction of sp³-hybridized carbons (Fsp3) is 0.353. The Balaban J connectivity index is 1.58. The van der Waals surface area contributed by atoms with Crippen LogP contribution in [0.3, 0.4) is 0 Å². The van der Waals surface area contributed by atoms with Gasteiger partial charge in [0.25, 0.3) is 5.56 Å². The summed E-state index contributed by atoms with van der Waals surface area (Å²) >= 11 is 0. The number of hydrogen-bond acceptors (Lipinski definition) is 5. The number of amides is 1. The van der Waals surface area contributed by atoms with Crippen molar-refractivity contribution in [2.45, 2.75) is 25.5 Å². The lowest BCUT2D eigenvalue weighted by Crippen LogP contribution is -2.32. The second-order valence-electron chi connectivity index (χ2n) is 5.76. The summed E-state index contributed by atoms with van der Waals surface area (Å²) in [5.41, 5.74) is -0.568. The number of H-pyrrole nitrogens is 1. The molecule has 0 unspecified atom stereocenters. The van der Waals surface area contributed by atoms with Crippen LogP contribution in [0.25, 0.3) is 0 Å². The number of carbonyl (C=O) groups is 1. The summed E-state index contributed by atoms with van der Waals surface area (Å²) in [6, 6.07) is 8.20.